The highest BCUT2D eigenvalue weighted by molar-refractivity contribution is 5.89. The topological polar surface area (TPSA) is 87.5 Å². The quantitative estimate of drug-likeness (QED) is 0.725. The average Bonchev–Trinajstić information content (AvgIpc) is 2.66. The molecule has 0 aliphatic carbocycles. The number of benzene rings is 1. The smallest absolute Gasteiger partial charge is 0.319 e. The molecular formula is C19H29FN4O2. The van der Waals surface area contributed by atoms with Crippen LogP contribution in [-0.2, 0) is 4.79 Å². The highest BCUT2D eigenvalue weighted by atomic mass is 19.1. The molecule has 0 unspecified atom stereocenters. The van der Waals surface area contributed by atoms with Gasteiger partial charge in [0.05, 0.1) is 5.41 Å². The van der Waals surface area contributed by atoms with Crippen molar-refractivity contribution in [2.75, 3.05) is 25.0 Å². The molecule has 1 heterocycles. The summed E-state index contributed by atoms with van der Waals surface area (Å²) < 4.78 is 12.9. The molecule has 0 radical (unpaired) electrons. The number of nitrogens with one attached hydrogen (secondary N) is 2. The van der Waals surface area contributed by atoms with Gasteiger partial charge in [0.25, 0.3) is 0 Å². The normalized spacial score (nSPS) is 15.6. The van der Waals surface area contributed by atoms with Gasteiger partial charge in [-0.2, -0.15) is 0 Å². The number of nitrogens with two attached hydrogens (primary N) is 1. The zero-order chi connectivity index (χ0) is 19.2. The Kier molecular flexibility index (Phi) is 6.97. The maximum Gasteiger partial charge on any atom is 0.319 e. The number of amides is 3. The Morgan fingerprint density at radius 2 is 1.77 bits per heavy atom. The van der Waals surface area contributed by atoms with E-state index in [1.54, 1.807) is 0 Å². The van der Waals surface area contributed by atoms with Crippen molar-refractivity contribution in [1.29, 1.82) is 0 Å². The van der Waals surface area contributed by atoms with Gasteiger partial charge in [0.1, 0.15) is 5.82 Å². The Morgan fingerprint density at radius 1 is 1.19 bits per heavy atom. The number of hydrogen-bond acceptors (Lipinski definition) is 3. The summed E-state index contributed by atoms with van der Waals surface area (Å²) in [5.41, 5.74) is 5.94. The Balaban J connectivity index is 1.83. The largest absolute Gasteiger partial charge is 0.342 e. The molecule has 1 aromatic rings. The Morgan fingerprint density at radius 3 is 2.27 bits per heavy atom. The summed E-state index contributed by atoms with van der Waals surface area (Å²) in [5, 5.41) is 5.60. The molecule has 1 saturated heterocycles. The molecule has 6 nitrogen and oxygen atoms in total. The SMILES string of the molecule is CCC(CC)(CN)C(=O)N1CCC(NC(=O)Nc2ccc(F)cc2)CC1. The molecule has 0 saturated carbocycles. The minimum absolute atomic E-state index is 0.00929. The van der Waals surface area contributed by atoms with Crippen LogP contribution in [0.3, 0.4) is 0 Å². The molecule has 3 amide bonds. The van der Waals surface area contributed by atoms with Crippen LogP contribution < -0.4 is 16.4 Å². The van der Waals surface area contributed by atoms with Gasteiger partial charge >= 0.3 is 6.03 Å². The first kappa shape index (κ1) is 20.2. The predicted molar refractivity (Wildman–Crippen MR) is 100 cm³/mol. The monoisotopic (exact) mass is 364 g/mol. The van der Waals surface area contributed by atoms with Crippen molar-refractivity contribution in [2.45, 2.75) is 45.6 Å². The number of nitrogens with zero attached hydrogens (tertiary/aromatic N) is 1. The van der Waals surface area contributed by atoms with E-state index in [1.165, 1.54) is 24.3 Å². The molecule has 4 N–H and O–H groups in total. The van der Waals surface area contributed by atoms with E-state index in [9.17, 15) is 14.0 Å². The fourth-order valence-electron chi connectivity index (χ4n) is 3.38. The molecule has 0 bridgehead atoms. The molecule has 1 fully saturated rings. The lowest BCUT2D eigenvalue weighted by Gasteiger charge is -2.39. The lowest BCUT2D eigenvalue weighted by atomic mass is 9.80. The van der Waals surface area contributed by atoms with Gasteiger partial charge < -0.3 is 21.3 Å². The standard InChI is InChI=1S/C19H29FN4O2/c1-3-19(4-2,13-21)17(25)24-11-9-16(10-12-24)23-18(26)22-15-7-5-14(20)6-8-15/h5-8,16H,3-4,9-13,21H2,1-2H3,(H2,22,23,26). The zero-order valence-corrected chi connectivity index (χ0v) is 15.6. The molecule has 26 heavy (non-hydrogen) atoms. The molecule has 144 valence electrons. The van der Waals surface area contributed by atoms with Gasteiger partial charge in [0.15, 0.2) is 0 Å². The second-order valence-corrected chi connectivity index (χ2v) is 6.86. The van der Waals surface area contributed by atoms with E-state index < -0.39 is 5.41 Å². The van der Waals surface area contributed by atoms with E-state index in [1.807, 2.05) is 18.7 Å². The molecule has 1 aromatic carbocycles. The van der Waals surface area contributed by atoms with Crippen molar-refractivity contribution < 1.29 is 14.0 Å². The van der Waals surface area contributed by atoms with Crippen LogP contribution in [-0.4, -0.2) is 42.5 Å². The van der Waals surface area contributed by atoms with E-state index in [0.29, 0.717) is 38.2 Å². The van der Waals surface area contributed by atoms with E-state index in [4.69, 9.17) is 5.73 Å². The Hall–Kier alpha value is -2.15. The number of likely N-dealkylation sites (tertiary alicyclic amines) is 1. The van der Waals surface area contributed by atoms with Crippen LogP contribution in [0.15, 0.2) is 24.3 Å². The van der Waals surface area contributed by atoms with Crippen molar-refractivity contribution in [2.24, 2.45) is 11.1 Å². The minimum Gasteiger partial charge on any atom is -0.342 e. The third-order valence-corrected chi connectivity index (χ3v) is 5.42. The fraction of sp³-hybridized carbons (Fsp3) is 0.579. The first-order valence-electron chi connectivity index (χ1n) is 9.26. The molecule has 0 aromatic heterocycles. The zero-order valence-electron chi connectivity index (χ0n) is 15.6. The van der Waals surface area contributed by atoms with Gasteiger partial charge in [-0.25, -0.2) is 9.18 Å². The second-order valence-electron chi connectivity index (χ2n) is 6.86. The molecular weight excluding hydrogens is 335 g/mol. The average molecular weight is 364 g/mol. The van der Waals surface area contributed by atoms with Crippen LogP contribution in [0.5, 0.6) is 0 Å². The summed E-state index contributed by atoms with van der Waals surface area (Å²) in [6.45, 7) is 5.59. The summed E-state index contributed by atoms with van der Waals surface area (Å²) >= 11 is 0. The number of anilines is 1. The van der Waals surface area contributed by atoms with Crippen LogP contribution in [0.25, 0.3) is 0 Å². The summed E-state index contributed by atoms with van der Waals surface area (Å²) in [7, 11) is 0. The Bertz CT molecular complexity index is 600. The van der Waals surface area contributed by atoms with Gasteiger partial charge in [-0.15, -0.1) is 0 Å². The van der Waals surface area contributed by atoms with E-state index in [-0.39, 0.29) is 23.8 Å². The highest BCUT2D eigenvalue weighted by Gasteiger charge is 2.38. The summed E-state index contributed by atoms with van der Waals surface area (Å²) in [6, 6.07) is 5.31. The summed E-state index contributed by atoms with van der Waals surface area (Å²) in [6.07, 6.45) is 2.88. The van der Waals surface area contributed by atoms with Gasteiger partial charge in [-0.1, -0.05) is 13.8 Å². The number of rotatable bonds is 6. The second kappa shape index (κ2) is 8.98. The maximum absolute atomic E-state index is 12.9. The maximum atomic E-state index is 12.9. The minimum atomic E-state index is -0.472. The number of hydrogen-bond donors (Lipinski definition) is 3. The number of urea groups is 1. The molecule has 7 heteroatoms. The van der Waals surface area contributed by atoms with Crippen LogP contribution in [0, 0.1) is 11.2 Å². The van der Waals surface area contributed by atoms with Crippen molar-refractivity contribution in [1.82, 2.24) is 10.2 Å². The fourth-order valence-corrected chi connectivity index (χ4v) is 3.38. The van der Waals surface area contributed by atoms with Crippen LogP contribution in [0.1, 0.15) is 39.5 Å². The van der Waals surface area contributed by atoms with E-state index in [0.717, 1.165) is 12.8 Å². The lowest BCUT2D eigenvalue weighted by Crippen LogP contribution is -2.53. The van der Waals surface area contributed by atoms with Gasteiger partial charge in [-0.05, 0) is 49.9 Å². The first-order chi connectivity index (χ1) is 12.4. The van der Waals surface area contributed by atoms with E-state index >= 15 is 0 Å². The predicted octanol–water partition coefficient (Wildman–Crippen LogP) is 2.70. The molecule has 0 atom stereocenters. The van der Waals surface area contributed by atoms with Gasteiger partial charge in [-0.3, -0.25) is 4.79 Å². The van der Waals surface area contributed by atoms with Crippen LogP contribution >= 0.6 is 0 Å². The third-order valence-electron chi connectivity index (χ3n) is 5.42. The van der Waals surface area contributed by atoms with Crippen molar-refractivity contribution in [3.63, 3.8) is 0 Å². The molecule has 1 aliphatic rings. The van der Waals surface area contributed by atoms with Gasteiger partial charge in [0.2, 0.25) is 5.91 Å². The molecule has 0 spiro atoms. The van der Waals surface area contributed by atoms with E-state index in [2.05, 4.69) is 10.6 Å². The Labute approximate surface area is 154 Å². The van der Waals surface area contributed by atoms with Crippen LogP contribution in [0.2, 0.25) is 0 Å². The third kappa shape index (κ3) is 4.72. The van der Waals surface area contributed by atoms with Gasteiger partial charge in [0, 0.05) is 31.4 Å². The first-order valence-corrected chi connectivity index (χ1v) is 9.26. The number of halogens is 1. The lowest BCUT2D eigenvalue weighted by molar-refractivity contribution is -0.143. The van der Waals surface area contributed by atoms with Crippen molar-refractivity contribution >= 4 is 17.6 Å². The van der Waals surface area contributed by atoms with Crippen molar-refractivity contribution in [3.05, 3.63) is 30.1 Å². The molecule has 1 aliphatic heterocycles. The van der Waals surface area contributed by atoms with Crippen molar-refractivity contribution in [3.8, 4) is 0 Å². The highest BCUT2D eigenvalue weighted by Crippen LogP contribution is 2.29. The number of carbonyl (C=O) groups excluding carboxylic acids is 2. The number of piperidine rings is 1. The summed E-state index contributed by atoms with van der Waals surface area (Å²) in [4.78, 5) is 26.8. The van der Waals surface area contributed by atoms with Crippen LogP contribution in [0.4, 0.5) is 14.9 Å². The number of carbonyl (C=O) groups is 2. The summed E-state index contributed by atoms with van der Waals surface area (Å²) in [5.74, 6) is -0.222. The molecule has 2 rings (SSSR count).